The molecule has 1 atom stereocenters. The van der Waals surface area contributed by atoms with Gasteiger partial charge < -0.3 is 10.6 Å². The third-order valence-electron chi connectivity index (χ3n) is 2.86. The van der Waals surface area contributed by atoms with Gasteiger partial charge in [0.25, 0.3) is 0 Å². The molecule has 1 saturated heterocycles. The molecule has 1 aliphatic heterocycles. The number of nitrogens with one attached hydrogen (secondary N) is 2. The quantitative estimate of drug-likeness (QED) is 0.810. The summed E-state index contributed by atoms with van der Waals surface area (Å²) < 4.78 is 0. The molecule has 1 aromatic heterocycles. The molecule has 1 amide bonds. The highest BCUT2D eigenvalue weighted by molar-refractivity contribution is 7.09. The molecule has 0 aromatic carbocycles. The molecule has 88 valence electrons. The average Bonchev–Trinajstić information content (AvgIpc) is 2.96. The molecule has 2 rings (SSSR count). The van der Waals surface area contributed by atoms with Crippen LogP contribution < -0.4 is 10.6 Å². The highest BCUT2D eigenvalue weighted by Gasteiger charge is 2.15. The number of aromatic nitrogens is 1. The predicted octanol–water partition coefficient (Wildman–Crippen LogP) is 1.15. The van der Waals surface area contributed by atoms with Crippen LogP contribution in [0.4, 0.5) is 0 Å². The molecule has 16 heavy (non-hydrogen) atoms. The van der Waals surface area contributed by atoms with E-state index in [4.69, 9.17) is 0 Å². The van der Waals surface area contributed by atoms with Crippen molar-refractivity contribution in [3.8, 4) is 0 Å². The van der Waals surface area contributed by atoms with Gasteiger partial charge in [0.1, 0.15) is 5.01 Å². The van der Waals surface area contributed by atoms with Crippen molar-refractivity contribution >= 4 is 17.2 Å². The van der Waals surface area contributed by atoms with Gasteiger partial charge in [0.2, 0.25) is 5.91 Å². The van der Waals surface area contributed by atoms with Crippen LogP contribution in [0, 0.1) is 5.92 Å². The third kappa shape index (κ3) is 3.57. The van der Waals surface area contributed by atoms with E-state index in [-0.39, 0.29) is 5.91 Å². The molecule has 1 fully saturated rings. The first-order valence-corrected chi connectivity index (χ1v) is 6.58. The van der Waals surface area contributed by atoms with Crippen LogP contribution in [0.2, 0.25) is 0 Å². The molecular formula is C11H17N3OS. The summed E-state index contributed by atoms with van der Waals surface area (Å²) >= 11 is 1.57. The zero-order valence-electron chi connectivity index (χ0n) is 9.24. The fourth-order valence-corrected chi connectivity index (χ4v) is 2.45. The summed E-state index contributed by atoms with van der Waals surface area (Å²) in [5.74, 6) is 0.827. The molecule has 1 unspecified atom stereocenters. The number of thiazole rings is 1. The lowest BCUT2D eigenvalue weighted by molar-refractivity contribution is -0.121. The van der Waals surface area contributed by atoms with Crippen LogP contribution in [0.1, 0.15) is 24.3 Å². The smallest absolute Gasteiger partial charge is 0.220 e. The van der Waals surface area contributed by atoms with Crippen LogP contribution in [0.5, 0.6) is 0 Å². The van der Waals surface area contributed by atoms with Gasteiger partial charge in [0, 0.05) is 18.0 Å². The lowest BCUT2D eigenvalue weighted by Crippen LogP contribution is -2.23. The summed E-state index contributed by atoms with van der Waals surface area (Å²) in [6.45, 7) is 2.74. The Balaban J connectivity index is 1.60. The second-order valence-electron chi connectivity index (χ2n) is 4.10. The van der Waals surface area contributed by atoms with Crippen molar-refractivity contribution in [3.05, 3.63) is 16.6 Å². The number of hydrogen-bond donors (Lipinski definition) is 2. The van der Waals surface area contributed by atoms with Crippen LogP contribution in [0.25, 0.3) is 0 Å². The molecule has 0 aliphatic carbocycles. The maximum atomic E-state index is 11.5. The molecule has 5 heteroatoms. The topological polar surface area (TPSA) is 54.0 Å². The lowest BCUT2D eigenvalue weighted by Gasteiger charge is -2.07. The minimum absolute atomic E-state index is 0.141. The third-order valence-corrected chi connectivity index (χ3v) is 3.64. The Labute approximate surface area is 99.5 Å². The van der Waals surface area contributed by atoms with E-state index in [2.05, 4.69) is 15.6 Å². The van der Waals surface area contributed by atoms with Gasteiger partial charge in [-0.15, -0.1) is 11.3 Å². The van der Waals surface area contributed by atoms with Crippen LogP contribution in [0.15, 0.2) is 11.6 Å². The van der Waals surface area contributed by atoms with Crippen molar-refractivity contribution in [2.24, 2.45) is 5.92 Å². The van der Waals surface area contributed by atoms with E-state index in [1.54, 1.807) is 17.5 Å². The number of hydrogen-bond acceptors (Lipinski definition) is 4. The van der Waals surface area contributed by atoms with E-state index >= 15 is 0 Å². The van der Waals surface area contributed by atoms with Gasteiger partial charge in [-0.3, -0.25) is 4.79 Å². The molecule has 4 nitrogen and oxygen atoms in total. The van der Waals surface area contributed by atoms with Gasteiger partial charge in [-0.25, -0.2) is 4.98 Å². The normalized spacial score (nSPS) is 19.9. The minimum atomic E-state index is 0.141. The molecule has 1 aromatic rings. The van der Waals surface area contributed by atoms with Gasteiger partial charge >= 0.3 is 0 Å². The maximum Gasteiger partial charge on any atom is 0.220 e. The van der Waals surface area contributed by atoms with Crippen molar-refractivity contribution in [1.29, 1.82) is 0 Å². The molecule has 0 radical (unpaired) electrons. The fourth-order valence-electron chi connectivity index (χ4n) is 1.90. The van der Waals surface area contributed by atoms with Crippen LogP contribution in [-0.4, -0.2) is 24.0 Å². The van der Waals surface area contributed by atoms with E-state index in [1.807, 2.05) is 5.38 Å². The average molecular weight is 239 g/mol. The first-order valence-electron chi connectivity index (χ1n) is 5.70. The molecule has 0 spiro atoms. The van der Waals surface area contributed by atoms with Crippen molar-refractivity contribution in [1.82, 2.24) is 15.6 Å². The molecule has 2 heterocycles. The number of amides is 1. The van der Waals surface area contributed by atoms with Gasteiger partial charge in [-0.05, 0) is 31.8 Å². The monoisotopic (exact) mass is 239 g/mol. The summed E-state index contributed by atoms with van der Waals surface area (Å²) in [4.78, 5) is 15.7. The van der Waals surface area contributed by atoms with Crippen LogP contribution >= 0.6 is 11.3 Å². The van der Waals surface area contributed by atoms with E-state index in [0.717, 1.165) is 24.5 Å². The Kier molecular flexibility index (Phi) is 4.30. The highest BCUT2D eigenvalue weighted by atomic mass is 32.1. The molecule has 0 saturated carbocycles. The van der Waals surface area contributed by atoms with Crippen LogP contribution in [-0.2, 0) is 11.3 Å². The Hall–Kier alpha value is -0.940. The van der Waals surface area contributed by atoms with Crippen molar-refractivity contribution in [3.63, 3.8) is 0 Å². The van der Waals surface area contributed by atoms with Crippen molar-refractivity contribution < 1.29 is 4.79 Å². The maximum absolute atomic E-state index is 11.5. The summed E-state index contributed by atoms with van der Waals surface area (Å²) in [5, 5.41) is 9.10. The SMILES string of the molecule is O=C(CCC1CCNC1)NCc1nccs1. The van der Waals surface area contributed by atoms with Crippen molar-refractivity contribution in [2.45, 2.75) is 25.8 Å². The van der Waals surface area contributed by atoms with Gasteiger partial charge in [0.05, 0.1) is 6.54 Å². The molecule has 1 aliphatic rings. The number of rotatable bonds is 5. The zero-order valence-corrected chi connectivity index (χ0v) is 10.1. The van der Waals surface area contributed by atoms with Gasteiger partial charge in [0.15, 0.2) is 0 Å². The lowest BCUT2D eigenvalue weighted by atomic mass is 10.0. The molecule has 0 bridgehead atoms. The molecular weight excluding hydrogens is 222 g/mol. The number of nitrogens with zero attached hydrogens (tertiary/aromatic N) is 1. The largest absolute Gasteiger partial charge is 0.350 e. The number of carbonyl (C=O) groups is 1. The minimum Gasteiger partial charge on any atom is -0.350 e. The highest BCUT2D eigenvalue weighted by Crippen LogP contribution is 2.14. The van der Waals surface area contributed by atoms with E-state index in [9.17, 15) is 4.79 Å². The van der Waals surface area contributed by atoms with E-state index in [0.29, 0.717) is 18.9 Å². The van der Waals surface area contributed by atoms with Crippen LogP contribution in [0.3, 0.4) is 0 Å². The first-order chi connectivity index (χ1) is 7.84. The summed E-state index contributed by atoms with van der Waals surface area (Å²) in [7, 11) is 0. The van der Waals surface area contributed by atoms with Crippen molar-refractivity contribution in [2.75, 3.05) is 13.1 Å². The fraction of sp³-hybridized carbons (Fsp3) is 0.636. The zero-order chi connectivity index (χ0) is 11.2. The predicted molar refractivity (Wildman–Crippen MR) is 64.2 cm³/mol. The van der Waals surface area contributed by atoms with Gasteiger partial charge in [-0.2, -0.15) is 0 Å². The summed E-state index contributed by atoms with van der Waals surface area (Å²) in [5.41, 5.74) is 0. The summed E-state index contributed by atoms with van der Waals surface area (Å²) in [6, 6.07) is 0. The second-order valence-corrected chi connectivity index (χ2v) is 5.08. The van der Waals surface area contributed by atoms with E-state index in [1.165, 1.54) is 6.42 Å². The Morgan fingerprint density at radius 1 is 1.69 bits per heavy atom. The standard InChI is InChI=1S/C11H17N3OS/c15-10(2-1-9-3-4-12-7-9)14-8-11-13-5-6-16-11/h5-6,9,12H,1-4,7-8H2,(H,14,15). The number of carbonyl (C=O) groups excluding carboxylic acids is 1. The Bertz CT molecular complexity index is 320. The second kappa shape index (κ2) is 5.96. The van der Waals surface area contributed by atoms with Gasteiger partial charge in [-0.1, -0.05) is 0 Å². The van der Waals surface area contributed by atoms with E-state index < -0.39 is 0 Å². The summed E-state index contributed by atoms with van der Waals surface area (Å²) in [6.07, 6.45) is 4.60. The first kappa shape index (κ1) is 11.5. The Morgan fingerprint density at radius 3 is 3.31 bits per heavy atom. The molecule has 2 N–H and O–H groups in total. The Morgan fingerprint density at radius 2 is 2.62 bits per heavy atom.